The second-order valence-corrected chi connectivity index (χ2v) is 2.94. The normalized spacial score (nSPS) is 9.86. The molecule has 0 amide bonds. The zero-order chi connectivity index (χ0) is 10.9. The first kappa shape index (κ1) is 10.2. The third-order valence-corrected chi connectivity index (χ3v) is 1.91. The lowest BCUT2D eigenvalue weighted by Crippen LogP contribution is -2.01. The van der Waals surface area contributed by atoms with Crippen molar-refractivity contribution >= 4 is 11.5 Å². The summed E-state index contributed by atoms with van der Waals surface area (Å²) in [7, 11) is 0. The lowest BCUT2D eigenvalue weighted by molar-refractivity contribution is -0.386. The molecule has 14 heavy (non-hydrogen) atoms. The minimum atomic E-state index is -0.751. The van der Waals surface area contributed by atoms with Crippen molar-refractivity contribution in [3.05, 3.63) is 33.4 Å². The Morgan fingerprint density at radius 1 is 1.50 bits per heavy atom. The van der Waals surface area contributed by atoms with E-state index in [1.54, 1.807) is 0 Å². The van der Waals surface area contributed by atoms with Crippen LogP contribution in [0.15, 0.2) is 12.1 Å². The Bertz CT molecular complexity index is 412. The van der Waals surface area contributed by atoms with Gasteiger partial charge in [0, 0.05) is 0 Å². The smallest absolute Gasteiger partial charge is 0.321 e. The molecule has 74 valence electrons. The van der Waals surface area contributed by atoms with E-state index >= 15 is 0 Å². The van der Waals surface area contributed by atoms with Gasteiger partial charge in [0.15, 0.2) is 11.5 Å². The maximum Gasteiger partial charge on any atom is 0.321 e. The van der Waals surface area contributed by atoms with E-state index in [9.17, 15) is 20.0 Å². The number of ketones is 1. The van der Waals surface area contributed by atoms with E-state index in [0.29, 0.717) is 5.56 Å². The second-order valence-electron chi connectivity index (χ2n) is 2.94. The van der Waals surface area contributed by atoms with Crippen LogP contribution in [0, 0.1) is 17.0 Å². The number of phenolic OH excluding ortho intramolecular Hbond substituents is 1. The van der Waals surface area contributed by atoms with Crippen LogP contribution in [0.3, 0.4) is 0 Å². The van der Waals surface area contributed by atoms with Crippen molar-refractivity contribution in [1.29, 1.82) is 0 Å². The summed E-state index contributed by atoms with van der Waals surface area (Å²) in [6.07, 6.45) is 0. The number of carbonyl (C=O) groups is 1. The molecule has 0 atom stereocenters. The minimum absolute atomic E-state index is 0.0712. The Morgan fingerprint density at radius 2 is 2.07 bits per heavy atom. The molecule has 0 aliphatic carbocycles. The Labute approximate surface area is 80.1 Å². The first-order chi connectivity index (χ1) is 6.45. The molecule has 0 aliphatic heterocycles. The van der Waals surface area contributed by atoms with Gasteiger partial charge in [-0.05, 0) is 25.5 Å². The molecule has 0 fully saturated rings. The van der Waals surface area contributed by atoms with Gasteiger partial charge in [-0.2, -0.15) is 0 Å². The average molecular weight is 195 g/mol. The van der Waals surface area contributed by atoms with Gasteiger partial charge in [0.1, 0.15) is 0 Å². The molecule has 5 heteroatoms. The van der Waals surface area contributed by atoms with Gasteiger partial charge < -0.3 is 5.11 Å². The number of nitro groups is 1. The number of rotatable bonds is 2. The van der Waals surface area contributed by atoms with Crippen LogP contribution >= 0.6 is 0 Å². The van der Waals surface area contributed by atoms with Crippen LogP contribution in [0.1, 0.15) is 22.8 Å². The number of benzene rings is 1. The van der Waals surface area contributed by atoms with Crippen LogP contribution in [-0.2, 0) is 0 Å². The fourth-order valence-corrected chi connectivity index (χ4v) is 1.15. The molecule has 0 heterocycles. The van der Waals surface area contributed by atoms with Crippen molar-refractivity contribution in [2.24, 2.45) is 0 Å². The number of aryl methyl sites for hydroxylation is 1. The second kappa shape index (κ2) is 3.45. The van der Waals surface area contributed by atoms with Gasteiger partial charge in [-0.1, -0.05) is 6.07 Å². The van der Waals surface area contributed by atoms with E-state index in [4.69, 9.17) is 0 Å². The van der Waals surface area contributed by atoms with Crippen LogP contribution in [0.5, 0.6) is 5.75 Å². The van der Waals surface area contributed by atoms with Crippen molar-refractivity contribution in [2.75, 3.05) is 0 Å². The summed E-state index contributed by atoms with van der Waals surface area (Å²) in [6, 6.07) is 2.81. The highest BCUT2D eigenvalue weighted by atomic mass is 16.6. The fraction of sp³-hybridized carbons (Fsp3) is 0.222. The quantitative estimate of drug-likeness (QED) is 0.443. The first-order valence-corrected chi connectivity index (χ1v) is 3.93. The number of nitro benzene ring substituents is 1. The summed E-state index contributed by atoms with van der Waals surface area (Å²) < 4.78 is 0. The Balaban J connectivity index is 3.53. The standard InChI is InChI=1S/C9H9NO4/c1-5-3-4-7(6(2)11)8(9(5)12)10(13)14/h3-4,12H,1-2H3. The van der Waals surface area contributed by atoms with E-state index in [1.807, 2.05) is 0 Å². The minimum Gasteiger partial charge on any atom is -0.502 e. The van der Waals surface area contributed by atoms with Crippen LogP contribution in [0.4, 0.5) is 5.69 Å². The maximum absolute atomic E-state index is 11.0. The fourth-order valence-electron chi connectivity index (χ4n) is 1.15. The predicted octanol–water partition coefficient (Wildman–Crippen LogP) is 1.81. The van der Waals surface area contributed by atoms with Gasteiger partial charge in [-0.15, -0.1) is 0 Å². The maximum atomic E-state index is 11.0. The molecule has 0 aromatic heterocycles. The van der Waals surface area contributed by atoms with E-state index in [2.05, 4.69) is 0 Å². The molecule has 0 aliphatic rings. The molecule has 0 saturated heterocycles. The molecule has 5 nitrogen and oxygen atoms in total. The van der Waals surface area contributed by atoms with E-state index < -0.39 is 22.1 Å². The Kier molecular flexibility index (Phi) is 2.51. The molecule has 0 spiro atoms. The molecule has 1 aromatic carbocycles. The monoisotopic (exact) mass is 195 g/mol. The Morgan fingerprint density at radius 3 is 2.50 bits per heavy atom. The van der Waals surface area contributed by atoms with Crippen molar-refractivity contribution < 1.29 is 14.8 Å². The van der Waals surface area contributed by atoms with E-state index in [0.717, 1.165) is 0 Å². The number of phenols is 1. The molecule has 0 bridgehead atoms. The van der Waals surface area contributed by atoms with Crippen LogP contribution in [-0.4, -0.2) is 15.8 Å². The van der Waals surface area contributed by atoms with Crippen LogP contribution in [0.25, 0.3) is 0 Å². The zero-order valence-corrected chi connectivity index (χ0v) is 7.77. The number of hydrogen-bond donors (Lipinski definition) is 1. The highest BCUT2D eigenvalue weighted by Crippen LogP contribution is 2.32. The highest BCUT2D eigenvalue weighted by Gasteiger charge is 2.23. The SMILES string of the molecule is CC(=O)c1ccc(C)c(O)c1[N+](=O)[O-]. The topological polar surface area (TPSA) is 80.4 Å². The van der Waals surface area contributed by atoms with Gasteiger partial charge in [0.2, 0.25) is 0 Å². The zero-order valence-electron chi connectivity index (χ0n) is 7.77. The first-order valence-electron chi connectivity index (χ1n) is 3.93. The highest BCUT2D eigenvalue weighted by molar-refractivity contribution is 5.99. The summed E-state index contributed by atoms with van der Waals surface area (Å²) in [5.74, 6) is -0.880. The summed E-state index contributed by atoms with van der Waals surface area (Å²) in [5, 5.41) is 20.0. The largest absolute Gasteiger partial charge is 0.502 e. The number of Topliss-reactive ketones (excluding diaryl/α,β-unsaturated/α-hetero) is 1. The summed E-state index contributed by atoms with van der Waals surface area (Å²) in [6.45, 7) is 2.75. The third-order valence-electron chi connectivity index (χ3n) is 1.91. The molecule has 0 radical (unpaired) electrons. The summed E-state index contributed by atoms with van der Waals surface area (Å²) >= 11 is 0. The average Bonchev–Trinajstić information content (AvgIpc) is 2.08. The van der Waals surface area contributed by atoms with Crippen molar-refractivity contribution in [1.82, 2.24) is 0 Å². The lowest BCUT2D eigenvalue weighted by atomic mass is 10.1. The summed E-state index contributed by atoms with van der Waals surface area (Å²) in [5.41, 5.74) is -0.211. The van der Waals surface area contributed by atoms with Crippen molar-refractivity contribution in [3.63, 3.8) is 0 Å². The van der Waals surface area contributed by atoms with Crippen molar-refractivity contribution in [2.45, 2.75) is 13.8 Å². The van der Waals surface area contributed by atoms with E-state index in [1.165, 1.54) is 26.0 Å². The molecule has 0 saturated carbocycles. The molecule has 1 aromatic rings. The Hall–Kier alpha value is -1.91. The predicted molar refractivity (Wildman–Crippen MR) is 49.5 cm³/mol. The molecular formula is C9H9NO4. The molecule has 1 rings (SSSR count). The van der Waals surface area contributed by atoms with Gasteiger partial charge in [0.25, 0.3) is 0 Å². The third kappa shape index (κ3) is 1.56. The van der Waals surface area contributed by atoms with Crippen LogP contribution in [0.2, 0.25) is 0 Å². The number of aromatic hydroxyl groups is 1. The number of nitrogens with zero attached hydrogens (tertiary/aromatic N) is 1. The molecule has 1 N–H and O–H groups in total. The lowest BCUT2D eigenvalue weighted by Gasteiger charge is -2.03. The molecule has 0 unspecified atom stereocenters. The van der Waals surface area contributed by atoms with Gasteiger partial charge in [0.05, 0.1) is 10.5 Å². The number of carbonyl (C=O) groups excluding carboxylic acids is 1. The van der Waals surface area contributed by atoms with Crippen LogP contribution < -0.4 is 0 Å². The molecular weight excluding hydrogens is 186 g/mol. The van der Waals surface area contributed by atoms with E-state index in [-0.39, 0.29) is 5.56 Å². The van der Waals surface area contributed by atoms with Crippen molar-refractivity contribution in [3.8, 4) is 5.75 Å². The van der Waals surface area contributed by atoms with Gasteiger partial charge in [-0.3, -0.25) is 14.9 Å². The van der Waals surface area contributed by atoms with Gasteiger partial charge in [-0.25, -0.2) is 0 Å². The number of hydrogen-bond acceptors (Lipinski definition) is 4. The van der Waals surface area contributed by atoms with Gasteiger partial charge >= 0.3 is 5.69 Å². The summed E-state index contributed by atoms with van der Waals surface area (Å²) in [4.78, 5) is 20.9.